The molecule has 0 aliphatic carbocycles. The van der Waals surface area contributed by atoms with Crippen molar-refractivity contribution in [3.8, 4) is 5.75 Å². The summed E-state index contributed by atoms with van der Waals surface area (Å²) >= 11 is 6.00. The van der Waals surface area contributed by atoms with Crippen molar-refractivity contribution in [3.63, 3.8) is 0 Å². The first-order chi connectivity index (χ1) is 6.07. The summed E-state index contributed by atoms with van der Waals surface area (Å²) in [6, 6.07) is 1.01. The van der Waals surface area contributed by atoms with Crippen LogP contribution in [-0.4, -0.2) is 6.61 Å². The van der Waals surface area contributed by atoms with Crippen molar-refractivity contribution in [1.82, 2.24) is 0 Å². The van der Waals surface area contributed by atoms with Crippen molar-refractivity contribution >= 4 is 31.9 Å². The zero-order valence-electron chi connectivity index (χ0n) is 6.70. The Kier molecular flexibility index (Phi) is 3.67. The standard InChI is InChI=1S/C8H6Br2F2O/c1-2-13-5-3-4(11)8(12)7(10)6(5)9/h3H,2H2,1H3. The van der Waals surface area contributed by atoms with E-state index in [0.29, 0.717) is 11.1 Å². The van der Waals surface area contributed by atoms with E-state index in [9.17, 15) is 8.78 Å². The van der Waals surface area contributed by atoms with Crippen LogP contribution in [0.15, 0.2) is 15.0 Å². The molecule has 0 fully saturated rings. The predicted octanol–water partition coefficient (Wildman–Crippen LogP) is 3.89. The Morgan fingerprint density at radius 2 is 1.92 bits per heavy atom. The fraction of sp³-hybridized carbons (Fsp3) is 0.250. The van der Waals surface area contributed by atoms with Crippen LogP contribution in [-0.2, 0) is 0 Å². The molecule has 0 saturated carbocycles. The molecule has 0 bridgehead atoms. The zero-order valence-corrected chi connectivity index (χ0v) is 9.88. The molecule has 0 N–H and O–H groups in total. The molecule has 0 aliphatic rings. The summed E-state index contributed by atoms with van der Waals surface area (Å²) in [5.41, 5.74) is 0. The molecule has 1 aromatic carbocycles. The molecule has 0 aromatic heterocycles. The summed E-state index contributed by atoms with van der Waals surface area (Å²) in [6.45, 7) is 2.16. The van der Waals surface area contributed by atoms with Gasteiger partial charge in [-0.2, -0.15) is 0 Å². The zero-order chi connectivity index (χ0) is 10.0. The Bertz CT molecular complexity index is 328. The molecule has 1 nitrogen and oxygen atoms in total. The molecule has 72 valence electrons. The normalized spacial score (nSPS) is 10.2. The van der Waals surface area contributed by atoms with Crippen molar-refractivity contribution in [2.75, 3.05) is 6.61 Å². The number of ether oxygens (including phenoxy) is 1. The van der Waals surface area contributed by atoms with Crippen LogP contribution in [0.2, 0.25) is 0 Å². The van der Waals surface area contributed by atoms with Gasteiger partial charge in [0.15, 0.2) is 11.6 Å². The van der Waals surface area contributed by atoms with E-state index in [2.05, 4.69) is 31.9 Å². The van der Waals surface area contributed by atoms with Gasteiger partial charge in [0.2, 0.25) is 0 Å². The maximum atomic E-state index is 12.9. The first kappa shape index (κ1) is 10.9. The number of hydrogen-bond donors (Lipinski definition) is 0. The second kappa shape index (κ2) is 4.37. The smallest absolute Gasteiger partial charge is 0.174 e. The summed E-state index contributed by atoms with van der Waals surface area (Å²) < 4.78 is 31.2. The Labute approximate surface area is 91.3 Å². The molecule has 0 heterocycles. The molecule has 13 heavy (non-hydrogen) atoms. The fourth-order valence-electron chi connectivity index (χ4n) is 0.812. The average molecular weight is 316 g/mol. The van der Waals surface area contributed by atoms with Gasteiger partial charge >= 0.3 is 0 Å². The fourth-order valence-corrected chi connectivity index (χ4v) is 1.60. The van der Waals surface area contributed by atoms with Crippen LogP contribution >= 0.6 is 31.9 Å². The molecule has 0 amide bonds. The minimum absolute atomic E-state index is 0.0379. The van der Waals surface area contributed by atoms with Gasteiger partial charge in [-0.05, 0) is 38.8 Å². The SMILES string of the molecule is CCOc1cc(F)c(F)c(Br)c1Br. The number of halogens is 4. The highest BCUT2D eigenvalue weighted by Crippen LogP contribution is 2.35. The van der Waals surface area contributed by atoms with Gasteiger partial charge in [-0.1, -0.05) is 0 Å². The van der Waals surface area contributed by atoms with Gasteiger partial charge in [-0.15, -0.1) is 0 Å². The van der Waals surface area contributed by atoms with Crippen LogP contribution in [0.5, 0.6) is 5.75 Å². The maximum absolute atomic E-state index is 12.9. The van der Waals surface area contributed by atoms with E-state index in [-0.39, 0.29) is 10.2 Å². The van der Waals surface area contributed by atoms with Crippen molar-refractivity contribution < 1.29 is 13.5 Å². The summed E-state index contributed by atoms with van der Waals surface area (Å²) in [6.07, 6.45) is 0. The van der Waals surface area contributed by atoms with E-state index in [4.69, 9.17) is 4.74 Å². The summed E-state index contributed by atoms with van der Waals surface area (Å²) in [5, 5.41) is 0. The molecule has 1 rings (SSSR count). The topological polar surface area (TPSA) is 9.23 Å². The lowest BCUT2D eigenvalue weighted by Crippen LogP contribution is -1.96. The maximum Gasteiger partial charge on any atom is 0.174 e. The van der Waals surface area contributed by atoms with E-state index < -0.39 is 11.6 Å². The molecule has 5 heteroatoms. The monoisotopic (exact) mass is 314 g/mol. The lowest BCUT2D eigenvalue weighted by Gasteiger charge is -2.08. The van der Waals surface area contributed by atoms with E-state index >= 15 is 0 Å². The molecule has 0 atom stereocenters. The number of benzene rings is 1. The third-order valence-corrected chi connectivity index (χ3v) is 3.43. The number of rotatable bonds is 2. The number of hydrogen-bond acceptors (Lipinski definition) is 1. The minimum atomic E-state index is -0.932. The van der Waals surface area contributed by atoms with Gasteiger partial charge in [-0.3, -0.25) is 0 Å². The van der Waals surface area contributed by atoms with Crippen LogP contribution < -0.4 is 4.74 Å². The van der Waals surface area contributed by atoms with Crippen molar-refractivity contribution in [2.45, 2.75) is 6.92 Å². The van der Waals surface area contributed by atoms with Crippen LogP contribution in [0.3, 0.4) is 0 Å². The highest BCUT2D eigenvalue weighted by atomic mass is 79.9. The second-order valence-corrected chi connectivity index (χ2v) is 3.82. The Morgan fingerprint density at radius 3 is 2.46 bits per heavy atom. The lowest BCUT2D eigenvalue weighted by molar-refractivity contribution is 0.333. The lowest BCUT2D eigenvalue weighted by atomic mass is 10.3. The average Bonchev–Trinajstić information content (AvgIpc) is 2.11. The van der Waals surface area contributed by atoms with E-state index in [1.165, 1.54) is 0 Å². The molecular weight excluding hydrogens is 310 g/mol. The minimum Gasteiger partial charge on any atom is -0.493 e. The van der Waals surface area contributed by atoms with E-state index in [1.54, 1.807) is 6.92 Å². The molecule has 1 aromatic rings. The first-order valence-electron chi connectivity index (χ1n) is 3.53. The Morgan fingerprint density at radius 1 is 1.31 bits per heavy atom. The molecule has 0 radical (unpaired) electrons. The highest BCUT2D eigenvalue weighted by molar-refractivity contribution is 9.13. The van der Waals surface area contributed by atoms with Crippen molar-refractivity contribution in [2.24, 2.45) is 0 Å². The van der Waals surface area contributed by atoms with E-state index in [0.717, 1.165) is 6.07 Å². The van der Waals surface area contributed by atoms with Gasteiger partial charge in [0.05, 0.1) is 15.6 Å². The largest absolute Gasteiger partial charge is 0.493 e. The van der Waals surface area contributed by atoms with Crippen LogP contribution in [0.4, 0.5) is 8.78 Å². The summed E-state index contributed by atoms with van der Waals surface area (Å²) in [5.74, 6) is -1.57. The molecule has 0 saturated heterocycles. The predicted molar refractivity (Wildman–Crippen MR) is 52.9 cm³/mol. The molecule has 0 aliphatic heterocycles. The molecular formula is C8H6Br2F2O. The third kappa shape index (κ3) is 2.20. The van der Waals surface area contributed by atoms with Crippen LogP contribution in [0, 0.1) is 11.6 Å². The molecule has 0 spiro atoms. The van der Waals surface area contributed by atoms with Crippen molar-refractivity contribution in [3.05, 3.63) is 26.6 Å². The van der Waals surface area contributed by atoms with Gasteiger partial charge in [-0.25, -0.2) is 8.78 Å². The Hall–Kier alpha value is -0.160. The van der Waals surface area contributed by atoms with Crippen LogP contribution in [0.1, 0.15) is 6.92 Å². The first-order valence-corrected chi connectivity index (χ1v) is 5.12. The second-order valence-electron chi connectivity index (χ2n) is 2.23. The van der Waals surface area contributed by atoms with Gasteiger partial charge in [0.25, 0.3) is 0 Å². The quantitative estimate of drug-likeness (QED) is 0.594. The van der Waals surface area contributed by atoms with Crippen LogP contribution in [0.25, 0.3) is 0 Å². The van der Waals surface area contributed by atoms with Gasteiger partial charge in [0.1, 0.15) is 5.75 Å². The van der Waals surface area contributed by atoms with Gasteiger partial charge < -0.3 is 4.74 Å². The summed E-state index contributed by atoms with van der Waals surface area (Å²) in [4.78, 5) is 0. The van der Waals surface area contributed by atoms with Crippen molar-refractivity contribution in [1.29, 1.82) is 0 Å². The molecule has 0 unspecified atom stereocenters. The summed E-state index contributed by atoms with van der Waals surface area (Å²) in [7, 11) is 0. The van der Waals surface area contributed by atoms with Gasteiger partial charge in [0, 0.05) is 6.07 Å². The Balaban J connectivity index is 3.24. The van der Waals surface area contributed by atoms with E-state index in [1.807, 2.05) is 0 Å². The third-order valence-electron chi connectivity index (χ3n) is 1.37. The highest BCUT2D eigenvalue weighted by Gasteiger charge is 2.15.